The molecular weight excluding hydrogens is 360 g/mol. The largest absolute Gasteiger partial charge is 0.465 e. The number of aryl methyl sites for hydroxylation is 1. The zero-order valence-corrected chi connectivity index (χ0v) is 16.7. The number of hydrogen-bond donors (Lipinski definition) is 1. The van der Waals surface area contributed by atoms with Crippen LogP contribution in [0.25, 0.3) is 0 Å². The molecule has 0 aliphatic carbocycles. The van der Waals surface area contributed by atoms with Crippen molar-refractivity contribution >= 4 is 22.4 Å². The standard InChI is InChI=1S/C19H28N6OS/c1-15-4-5-17(26-15)16(23-7-2-3-8-23)14-22-18(20)24-9-11-25(12-10-24)19-21-6-13-27-19/h4-6,13,16H,2-3,7-12,14H2,1H3,(H2,20,22). The quantitative estimate of drug-likeness (QED) is 0.626. The summed E-state index contributed by atoms with van der Waals surface area (Å²) < 4.78 is 5.91. The van der Waals surface area contributed by atoms with Crippen molar-refractivity contribution in [1.82, 2.24) is 14.8 Å². The Labute approximate surface area is 164 Å². The second-order valence-corrected chi connectivity index (χ2v) is 8.07. The molecule has 4 heterocycles. The molecule has 7 nitrogen and oxygen atoms in total. The van der Waals surface area contributed by atoms with Crippen molar-refractivity contribution in [2.75, 3.05) is 50.7 Å². The van der Waals surface area contributed by atoms with Crippen LogP contribution in [0.5, 0.6) is 0 Å². The molecule has 2 aromatic heterocycles. The van der Waals surface area contributed by atoms with Gasteiger partial charge in [-0.1, -0.05) is 0 Å². The monoisotopic (exact) mass is 388 g/mol. The first kappa shape index (κ1) is 18.3. The summed E-state index contributed by atoms with van der Waals surface area (Å²) in [6.07, 6.45) is 4.35. The van der Waals surface area contributed by atoms with Gasteiger partial charge >= 0.3 is 0 Å². The van der Waals surface area contributed by atoms with Crippen molar-refractivity contribution in [3.05, 3.63) is 35.2 Å². The van der Waals surface area contributed by atoms with E-state index in [9.17, 15) is 0 Å². The Bertz CT molecular complexity index is 744. The summed E-state index contributed by atoms with van der Waals surface area (Å²) in [4.78, 5) is 16.1. The van der Waals surface area contributed by atoms with Crippen molar-refractivity contribution in [1.29, 1.82) is 0 Å². The van der Waals surface area contributed by atoms with Gasteiger partial charge in [0.05, 0.1) is 12.6 Å². The highest BCUT2D eigenvalue weighted by molar-refractivity contribution is 7.13. The van der Waals surface area contributed by atoms with E-state index < -0.39 is 0 Å². The minimum absolute atomic E-state index is 0.177. The molecule has 2 aromatic rings. The van der Waals surface area contributed by atoms with Crippen LogP contribution < -0.4 is 10.6 Å². The summed E-state index contributed by atoms with van der Waals surface area (Å²) >= 11 is 1.69. The molecule has 0 spiro atoms. The summed E-state index contributed by atoms with van der Waals surface area (Å²) in [6.45, 7) is 8.45. The fraction of sp³-hybridized carbons (Fsp3) is 0.579. The Morgan fingerprint density at radius 3 is 2.63 bits per heavy atom. The first-order chi connectivity index (χ1) is 13.2. The predicted molar refractivity (Wildman–Crippen MR) is 109 cm³/mol. The van der Waals surface area contributed by atoms with Gasteiger partial charge in [0.1, 0.15) is 11.5 Å². The van der Waals surface area contributed by atoms with Crippen LogP contribution in [0.3, 0.4) is 0 Å². The van der Waals surface area contributed by atoms with E-state index in [1.165, 1.54) is 12.8 Å². The highest BCUT2D eigenvalue weighted by atomic mass is 32.1. The fourth-order valence-electron chi connectivity index (χ4n) is 3.85. The number of likely N-dealkylation sites (tertiary alicyclic amines) is 1. The number of furan rings is 1. The van der Waals surface area contributed by atoms with Crippen molar-refractivity contribution in [3.63, 3.8) is 0 Å². The molecule has 2 fully saturated rings. The zero-order valence-electron chi connectivity index (χ0n) is 15.9. The number of anilines is 1. The molecule has 1 unspecified atom stereocenters. The van der Waals surface area contributed by atoms with Gasteiger partial charge in [0.2, 0.25) is 0 Å². The van der Waals surface area contributed by atoms with Gasteiger partial charge in [0.25, 0.3) is 0 Å². The molecule has 1 atom stereocenters. The highest BCUT2D eigenvalue weighted by Crippen LogP contribution is 2.27. The Kier molecular flexibility index (Phi) is 5.63. The third-order valence-corrected chi connectivity index (χ3v) is 6.22. The maximum Gasteiger partial charge on any atom is 0.191 e. The molecule has 27 heavy (non-hydrogen) atoms. The van der Waals surface area contributed by atoms with Gasteiger partial charge in [-0.2, -0.15) is 0 Å². The van der Waals surface area contributed by atoms with Crippen LogP contribution >= 0.6 is 11.3 Å². The van der Waals surface area contributed by atoms with Gasteiger partial charge in [-0.3, -0.25) is 9.89 Å². The number of aliphatic imine (C=N–C) groups is 1. The summed E-state index contributed by atoms with van der Waals surface area (Å²) in [5, 5.41) is 3.11. The summed E-state index contributed by atoms with van der Waals surface area (Å²) in [6, 6.07) is 4.29. The third kappa shape index (κ3) is 4.27. The molecule has 2 N–H and O–H groups in total. The van der Waals surface area contributed by atoms with E-state index in [0.29, 0.717) is 12.5 Å². The number of nitrogens with zero attached hydrogens (tertiary/aromatic N) is 5. The van der Waals surface area contributed by atoms with Crippen molar-refractivity contribution < 1.29 is 4.42 Å². The molecule has 4 rings (SSSR count). The van der Waals surface area contributed by atoms with Crippen molar-refractivity contribution in [3.8, 4) is 0 Å². The topological polar surface area (TPSA) is 74.1 Å². The maximum atomic E-state index is 6.34. The van der Waals surface area contributed by atoms with Crippen LogP contribution in [0, 0.1) is 6.92 Å². The number of aromatic nitrogens is 1. The molecular formula is C19H28N6OS. The number of thiazole rings is 1. The Morgan fingerprint density at radius 2 is 2.00 bits per heavy atom. The normalized spacial score (nSPS) is 20.4. The average Bonchev–Trinajstić information content (AvgIpc) is 3.45. The van der Waals surface area contributed by atoms with Gasteiger partial charge in [0.15, 0.2) is 11.1 Å². The van der Waals surface area contributed by atoms with Crippen LogP contribution in [-0.2, 0) is 0 Å². The molecule has 0 saturated carbocycles. The summed E-state index contributed by atoms with van der Waals surface area (Å²) in [7, 11) is 0. The van der Waals surface area contributed by atoms with E-state index >= 15 is 0 Å². The van der Waals surface area contributed by atoms with Gasteiger partial charge in [0, 0.05) is 37.8 Å². The van der Waals surface area contributed by atoms with Crippen molar-refractivity contribution in [2.45, 2.75) is 25.8 Å². The summed E-state index contributed by atoms with van der Waals surface area (Å²) in [5.74, 6) is 2.59. The van der Waals surface area contributed by atoms with Gasteiger partial charge in [-0.05, 0) is 45.0 Å². The Morgan fingerprint density at radius 1 is 1.22 bits per heavy atom. The van der Waals surface area contributed by atoms with Gasteiger partial charge < -0.3 is 20.0 Å². The SMILES string of the molecule is Cc1ccc(C(CN=C(N)N2CCN(c3nccs3)CC2)N2CCCC2)o1. The van der Waals surface area contributed by atoms with Gasteiger partial charge in [-0.25, -0.2) is 4.98 Å². The molecule has 0 amide bonds. The maximum absolute atomic E-state index is 6.34. The number of rotatable bonds is 5. The molecule has 8 heteroatoms. The Balaban J connectivity index is 1.38. The smallest absolute Gasteiger partial charge is 0.191 e. The van der Waals surface area contributed by atoms with Crippen LogP contribution in [-0.4, -0.2) is 66.6 Å². The third-order valence-electron chi connectivity index (χ3n) is 5.39. The van der Waals surface area contributed by atoms with Crippen LogP contribution in [0.1, 0.15) is 30.4 Å². The fourth-order valence-corrected chi connectivity index (χ4v) is 4.55. The second kappa shape index (κ2) is 8.31. The van der Waals surface area contributed by atoms with Gasteiger partial charge in [-0.15, -0.1) is 11.3 Å². The second-order valence-electron chi connectivity index (χ2n) is 7.19. The molecule has 146 valence electrons. The van der Waals surface area contributed by atoms with Crippen molar-refractivity contribution in [2.24, 2.45) is 10.7 Å². The lowest BCUT2D eigenvalue weighted by atomic mass is 10.2. The van der Waals surface area contributed by atoms with E-state index in [2.05, 4.69) is 25.8 Å². The predicted octanol–water partition coefficient (Wildman–Crippen LogP) is 2.32. The molecule has 0 bridgehead atoms. The Hall–Kier alpha value is -2.06. The van der Waals surface area contributed by atoms with Crippen LogP contribution in [0.4, 0.5) is 5.13 Å². The number of hydrogen-bond acceptors (Lipinski definition) is 6. The van der Waals surface area contributed by atoms with E-state index in [1.54, 1.807) is 11.3 Å². The van der Waals surface area contributed by atoms with E-state index in [4.69, 9.17) is 15.1 Å². The minimum atomic E-state index is 0.177. The first-order valence-electron chi connectivity index (χ1n) is 9.70. The molecule has 0 aromatic carbocycles. The number of nitrogens with two attached hydrogens (primary N) is 1. The van der Waals surface area contributed by atoms with E-state index in [1.807, 2.05) is 24.6 Å². The lowest BCUT2D eigenvalue weighted by Gasteiger charge is -2.35. The van der Waals surface area contributed by atoms with Crippen LogP contribution in [0.15, 0.2) is 33.1 Å². The van der Waals surface area contributed by atoms with E-state index in [0.717, 1.165) is 55.9 Å². The lowest BCUT2D eigenvalue weighted by Crippen LogP contribution is -2.51. The summed E-state index contributed by atoms with van der Waals surface area (Å²) in [5.41, 5.74) is 6.34. The zero-order chi connectivity index (χ0) is 18.6. The first-order valence-corrected chi connectivity index (χ1v) is 10.6. The van der Waals surface area contributed by atoms with E-state index in [-0.39, 0.29) is 6.04 Å². The number of guanidine groups is 1. The molecule has 0 radical (unpaired) electrons. The number of piperazine rings is 1. The highest BCUT2D eigenvalue weighted by Gasteiger charge is 2.26. The minimum Gasteiger partial charge on any atom is -0.465 e. The average molecular weight is 389 g/mol. The molecule has 2 aliphatic heterocycles. The molecule has 2 aliphatic rings. The lowest BCUT2D eigenvalue weighted by molar-refractivity contribution is 0.218. The molecule has 2 saturated heterocycles. The van der Waals surface area contributed by atoms with Crippen LogP contribution in [0.2, 0.25) is 0 Å².